The Bertz CT molecular complexity index is 364. The minimum Gasteiger partial charge on any atom is -0.468 e. The molecule has 0 bridgehead atoms. The Kier molecular flexibility index (Phi) is 5.51. The predicted octanol–water partition coefficient (Wildman–Crippen LogP) is 2.29. The molecule has 0 amide bonds. The lowest BCUT2D eigenvalue weighted by atomic mass is 10.0. The number of ether oxygens (including phenoxy) is 1. The van der Waals surface area contributed by atoms with E-state index in [0.717, 1.165) is 5.56 Å². The molecule has 1 rings (SSSR count). The van der Waals surface area contributed by atoms with Crippen molar-refractivity contribution in [2.75, 3.05) is 12.9 Å². The molecule has 2 unspecified atom stereocenters. The molecule has 0 aromatic heterocycles. The van der Waals surface area contributed by atoms with E-state index < -0.39 is 0 Å². The van der Waals surface area contributed by atoms with Crippen molar-refractivity contribution >= 4 is 17.7 Å². The second-order valence-corrected chi connectivity index (χ2v) is 5.39. The van der Waals surface area contributed by atoms with Crippen LogP contribution in [0, 0.1) is 6.92 Å². The van der Waals surface area contributed by atoms with Gasteiger partial charge >= 0.3 is 5.97 Å². The highest BCUT2D eigenvalue weighted by Gasteiger charge is 2.16. The molecule has 0 saturated heterocycles. The van der Waals surface area contributed by atoms with E-state index in [1.807, 2.05) is 38.1 Å². The number of esters is 1. The van der Waals surface area contributed by atoms with E-state index >= 15 is 0 Å². The Balaban J connectivity index is 2.54. The Morgan fingerprint density at radius 3 is 2.53 bits per heavy atom. The molecule has 0 fully saturated rings. The number of carbonyl (C=O) groups is 1. The van der Waals surface area contributed by atoms with Gasteiger partial charge in [-0.05, 0) is 12.5 Å². The molecule has 3 nitrogen and oxygen atoms in total. The molecule has 17 heavy (non-hydrogen) atoms. The number of carbonyl (C=O) groups excluding carboxylic acids is 1. The molecule has 4 heteroatoms. The van der Waals surface area contributed by atoms with Crippen LogP contribution in [0.2, 0.25) is 0 Å². The number of nitrogens with two attached hydrogens (primary N) is 1. The maximum Gasteiger partial charge on any atom is 0.315 e. The topological polar surface area (TPSA) is 52.3 Å². The first kappa shape index (κ1) is 14.1. The summed E-state index contributed by atoms with van der Waals surface area (Å²) in [4.78, 5) is 11.0. The monoisotopic (exact) mass is 253 g/mol. The van der Waals surface area contributed by atoms with Gasteiger partial charge in [0.25, 0.3) is 0 Å². The van der Waals surface area contributed by atoms with Crippen molar-refractivity contribution in [3.8, 4) is 0 Å². The van der Waals surface area contributed by atoms with Gasteiger partial charge in [0.15, 0.2) is 0 Å². The Morgan fingerprint density at radius 2 is 2.00 bits per heavy atom. The van der Waals surface area contributed by atoms with Gasteiger partial charge in [-0.2, -0.15) is 0 Å². The van der Waals surface area contributed by atoms with Crippen LogP contribution >= 0.6 is 11.8 Å². The summed E-state index contributed by atoms with van der Waals surface area (Å²) in [6.45, 7) is 4.07. The zero-order chi connectivity index (χ0) is 12.8. The zero-order valence-electron chi connectivity index (χ0n) is 10.5. The highest BCUT2D eigenvalue weighted by atomic mass is 32.2. The van der Waals surface area contributed by atoms with E-state index in [2.05, 4.69) is 4.74 Å². The third-order valence-electron chi connectivity index (χ3n) is 2.66. The minimum absolute atomic E-state index is 0.0646. The number of hydrogen-bond acceptors (Lipinski definition) is 4. The number of benzene rings is 1. The molecule has 1 aromatic rings. The van der Waals surface area contributed by atoms with E-state index in [9.17, 15) is 4.79 Å². The van der Waals surface area contributed by atoms with Crippen LogP contribution in [0.25, 0.3) is 0 Å². The molecule has 1 aromatic carbocycles. The standard InChI is InChI=1S/C13H19NO2S/c1-9-4-6-11(7-5-9)13(14)10(2)17-8-12(15)16-3/h4-7,10,13H,8,14H2,1-3H3. The SMILES string of the molecule is COC(=O)CSC(C)C(N)c1ccc(C)cc1. The third-order valence-corrected chi connectivity index (χ3v) is 3.88. The van der Waals surface area contributed by atoms with Gasteiger partial charge in [0.05, 0.1) is 12.9 Å². The fourth-order valence-electron chi connectivity index (χ4n) is 1.42. The summed E-state index contributed by atoms with van der Waals surface area (Å²) in [6, 6.07) is 8.11. The predicted molar refractivity (Wildman–Crippen MR) is 72.0 cm³/mol. The van der Waals surface area contributed by atoms with Gasteiger partial charge < -0.3 is 10.5 Å². The van der Waals surface area contributed by atoms with E-state index in [0.29, 0.717) is 5.75 Å². The van der Waals surface area contributed by atoms with E-state index in [1.165, 1.54) is 24.4 Å². The van der Waals surface area contributed by atoms with Gasteiger partial charge in [0, 0.05) is 11.3 Å². The summed E-state index contributed by atoms with van der Waals surface area (Å²) in [5.74, 6) is 0.134. The zero-order valence-corrected chi connectivity index (χ0v) is 11.3. The van der Waals surface area contributed by atoms with E-state index in [4.69, 9.17) is 5.73 Å². The van der Waals surface area contributed by atoms with Crippen molar-refractivity contribution in [2.24, 2.45) is 5.73 Å². The Morgan fingerprint density at radius 1 is 1.41 bits per heavy atom. The number of hydrogen-bond donors (Lipinski definition) is 1. The lowest BCUT2D eigenvalue weighted by molar-refractivity contribution is -0.137. The van der Waals surface area contributed by atoms with Crippen LogP contribution in [-0.2, 0) is 9.53 Å². The fourth-order valence-corrected chi connectivity index (χ4v) is 2.30. The summed E-state index contributed by atoms with van der Waals surface area (Å²) in [7, 11) is 1.40. The van der Waals surface area contributed by atoms with Crippen LogP contribution in [0.1, 0.15) is 24.1 Å². The summed E-state index contributed by atoms with van der Waals surface area (Å²) in [6.07, 6.45) is 0. The summed E-state index contributed by atoms with van der Waals surface area (Å²) in [5.41, 5.74) is 8.46. The molecule has 0 aliphatic heterocycles. The highest BCUT2D eigenvalue weighted by molar-refractivity contribution is 8.00. The molecule has 0 heterocycles. The van der Waals surface area contributed by atoms with E-state index in [1.54, 1.807) is 0 Å². The van der Waals surface area contributed by atoms with Gasteiger partial charge in [-0.1, -0.05) is 36.8 Å². The maximum absolute atomic E-state index is 11.0. The van der Waals surface area contributed by atoms with Crippen molar-refractivity contribution in [3.63, 3.8) is 0 Å². The van der Waals surface area contributed by atoms with Crippen LogP contribution in [0.3, 0.4) is 0 Å². The molecule has 94 valence electrons. The van der Waals surface area contributed by atoms with Crippen LogP contribution in [0.15, 0.2) is 24.3 Å². The molecular weight excluding hydrogens is 234 g/mol. The molecular formula is C13H19NO2S. The first-order chi connectivity index (χ1) is 8.04. The number of aryl methyl sites for hydroxylation is 1. The molecule has 0 spiro atoms. The average molecular weight is 253 g/mol. The quantitative estimate of drug-likeness (QED) is 0.818. The summed E-state index contributed by atoms with van der Waals surface area (Å²) >= 11 is 1.52. The first-order valence-electron chi connectivity index (χ1n) is 5.55. The fraction of sp³-hybridized carbons (Fsp3) is 0.462. The lowest BCUT2D eigenvalue weighted by Crippen LogP contribution is -2.22. The molecule has 0 aliphatic rings. The van der Waals surface area contributed by atoms with Crippen LogP contribution < -0.4 is 5.73 Å². The first-order valence-corrected chi connectivity index (χ1v) is 6.60. The molecule has 0 saturated carbocycles. The Hall–Kier alpha value is -1.00. The van der Waals surface area contributed by atoms with Gasteiger partial charge in [-0.3, -0.25) is 4.79 Å². The smallest absolute Gasteiger partial charge is 0.315 e. The molecule has 2 atom stereocenters. The lowest BCUT2D eigenvalue weighted by Gasteiger charge is -2.19. The third kappa shape index (κ3) is 4.40. The largest absolute Gasteiger partial charge is 0.468 e. The normalized spacial score (nSPS) is 14.1. The van der Waals surface area contributed by atoms with Gasteiger partial charge in [0.2, 0.25) is 0 Å². The molecule has 2 N–H and O–H groups in total. The number of methoxy groups -OCH3 is 1. The van der Waals surface area contributed by atoms with Crippen LogP contribution in [-0.4, -0.2) is 24.1 Å². The van der Waals surface area contributed by atoms with Crippen molar-refractivity contribution in [2.45, 2.75) is 25.1 Å². The Labute approximate surface area is 107 Å². The average Bonchev–Trinajstić information content (AvgIpc) is 2.35. The van der Waals surface area contributed by atoms with Crippen molar-refractivity contribution in [1.82, 2.24) is 0 Å². The van der Waals surface area contributed by atoms with Crippen molar-refractivity contribution in [1.29, 1.82) is 0 Å². The number of thioether (sulfide) groups is 1. The molecule has 0 aliphatic carbocycles. The van der Waals surface area contributed by atoms with E-state index in [-0.39, 0.29) is 17.3 Å². The summed E-state index contributed by atoms with van der Waals surface area (Å²) < 4.78 is 4.60. The molecule has 0 radical (unpaired) electrons. The van der Waals surface area contributed by atoms with Gasteiger partial charge in [-0.25, -0.2) is 0 Å². The van der Waals surface area contributed by atoms with Crippen LogP contribution in [0.4, 0.5) is 0 Å². The number of rotatable bonds is 5. The summed E-state index contributed by atoms with van der Waals surface area (Å²) in [5, 5.41) is 0.178. The van der Waals surface area contributed by atoms with Crippen molar-refractivity contribution < 1.29 is 9.53 Å². The van der Waals surface area contributed by atoms with Gasteiger partial charge in [0.1, 0.15) is 0 Å². The second-order valence-electron chi connectivity index (χ2n) is 4.03. The van der Waals surface area contributed by atoms with Gasteiger partial charge in [-0.15, -0.1) is 11.8 Å². The maximum atomic E-state index is 11.0. The van der Waals surface area contributed by atoms with Crippen molar-refractivity contribution in [3.05, 3.63) is 35.4 Å². The van der Waals surface area contributed by atoms with Crippen LogP contribution in [0.5, 0.6) is 0 Å². The minimum atomic E-state index is -0.210. The highest BCUT2D eigenvalue weighted by Crippen LogP contribution is 2.24. The second kappa shape index (κ2) is 6.67.